The minimum atomic E-state index is -0.660. The van der Waals surface area contributed by atoms with Gasteiger partial charge in [0.05, 0.1) is 42.0 Å². The van der Waals surface area contributed by atoms with Crippen molar-refractivity contribution >= 4 is 57.2 Å². The van der Waals surface area contributed by atoms with Crippen molar-refractivity contribution in [3.63, 3.8) is 0 Å². The number of aryl methyl sites for hydroxylation is 1. The summed E-state index contributed by atoms with van der Waals surface area (Å²) in [5.41, 5.74) is 0.136. The summed E-state index contributed by atoms with van der Waals surface area (Å²) in [6.45, 7) is 6.74. The van der Waals surface area contributed by atoms with Gasteiger partial charge in [0.25, 0.3) is 5.56 Å². The van der Waals surface area contributed by atoms with E-state index in [1.54, 1.807) is 19.9 Å². The number of ether oxygens (including phenoxy) is 1. The second kappa shape index (κ2) is 10.4. The summed E-state index contributed by atoms with van der Waals surface area (Å²) in [7, 11) is 1.33. The van der Waals surface area contributed by atoms with E-state index >= 15 is 0 Å². The van der Waals surface area contributed by atoms with Gasteiger partial charge in [0.1, 0.15) is 4.70 Å². The molecule has 11 heteroatoms. The summed E-state index contributed by atoms with van der Waals surface area (Å²) >= 11 is 13.5. The fourth-order valence-electron chi connectivity index (χ4n) is 3.33. The quantitative estimate of drug-likeness (QED) is 0.297. The molecule has 0 fully saturated rings. The summed E-state index contributed by atoms with van der Waals surface area (Å²) in [6, 6.07) is 6.17. The second-order valence-corrected chi connectivity index (χ2v) is 9.16. The van der Waals surface area contributed by atoms with E-state index < -0.39 is 17.1 Å². The number of hydrogen-bond donors (Lipinski definition) is 0. The number of rotatable bonds is 7. The van der Waals surface area contributed by atoms with Crippen LogP contribution in [0.15, 0.2) is 49.6 Å². The molecule has 7 nitrogen and oxygen atoms in total. The van der Waals surface area contributed by atoms with E-state index in [9.17, 15) is 14.0 Å². The number of methoxy groups -OCH3 is 1. The fraction of sp³-hybridized carbons (Fsp3) is 0.217. The van der Waals surface area contributed by atoms with Gasteiger partial charge in [-0.25, -0.2) is 13.8 Å². The molecule has 0 atom stereocenters. The van der Waals surface area contributed by atoms with Crippen molar-refractivity contribution < 1.29 is 9.13 Å². The average Bonchev–Trinajstić information content (AvgIpc) is 3.23. The highest BCUT2D eigenvalue weighted by Gasteiger charge is 2.22. The molecule has 3 rings (SSSR count). The molecule has 3 aromatic rings. The molecule has 2 aromatic heterocycles. The third-order valence-electron chi connectivity index (χ3n) is 5.13. The van der Waals surface area contributed by atoms with Gasteiger partial charge in [0.15, 0.2) is 11.6 Å². The molecule has 1 aromatic carbocycles. The van der Waals surface area contributed by atoms with Crippen molar-refractivity contribution in [1.29, 1.82) is 5.26 Å². The monoisotopic (exact) mass is 520 g/mol. The molecule has 0 amide bonds. The third kappa shape index (κ3) is 4.57. The molecule has 0 N–H and O–H groups in total. The zero-order chi connectivity index (χ0) is 25.2. The molecule has 0 spiro atoms. The van der Waals surface area contributed by atoms with Gasteiger partial charge in [-0.2, -0.15) is 5.26 Å². The Hall–Kier alpha value is -3.19. The van der Waals surface area contributed by atoms with Crippen LogP contribution in [0.5, 0.6) is 5.75 Å². The van der Waals surface area contributed by atoms with Crippen LogP contribution in [0.2, 0.25) is 5.02 Å². The van der Waals surface area contributed by atoms with Gasteiger partial charge in [-0.05, 0) is 44.3 Å². The van der Waals surface area contributed by atoms with E-state index in [2.05, 4.69) is 11.7 Å². The lowest BCUT2D eigenvalue weighted by Gasteiger charge is -2.14. The van der Waals surface area contributed by atoms with Gasteiger partial charge in [0.2, 0.25) is 0 Å². The Bertz CT molecular complexity index is 1520. The second-order valence-electron chi connectivity index (χ2n) is 7.13. The molecule has 0 saturated heterocycles. The van der Waals surface area contributed by atoms with Crippen LogP contribution in [0.4, 0.5) is 4.39 Å². The van der Waals surface area contributed by atoms with Crippen LogP contribution in [0.3, 0.4) is 0 Å². The smallest absolute Gasteiger partial charge is 0.336 e. The van der Waals surface area contributed by atoms with Crippen LogP contribution in [0, 0.1) is 17.1 Å². The molecule has 0 aliphatic rings. The average molecular weight is 521 g/mol. The van der Waals surface area contributed by atoms with E-state index in [0.717, 1.165) is 22.0 Å². The van der Waals surface area contributed by atoms with E-state index in [1.165, 1.54) is 23.9 Å². The normalized spacial score (nSPS) is 12.4. The van der Waals surface area contributed by atoms with Crippen LogP contribution < -0.4 is 16.0 Å². The number of hydrogen-bond acceptors (Lipinski definition) is 6. The van der Waals surface area contributed by atoms with Crippen LogP contribution in [-0.2, 0) is 6.54 Å². The maximum atomic E-state index is 14.1. The number of benzene rings is 1. The van der Waals surface area contributed by atoms with Gasteiger partial charge >= 0.3 is 5.69 Å². The highest BCUT2D eigenvalue weighted by Crippen LogP contribution is 2.39. The van der Waals surface area contributed by atoms with E-state index in [4.69, 9.17) is 33.2 Å². The van der Waals surface area contributed by atoms with E-state index in [0.29, 0.717) is 26.6 Å². The minimum absolute atomic E-state index is 0.0169. The van der Waals surface area contributed by atoms with Crippen molar-refractivity contribution in [3.8, 4) is 22.3 Å². The van der Waals surface area contributed by atoms with Crippen LogP contribution in [0.25, 0.3) is 26.4 Å². The summed E-state index contributed by atoms with van der Waals surface area (Å²) in [5.74, 6) is -0.646. The number of nitrogens with zero attached hydrogens (tertiary/aromatic N) is 4. The summed E-state index contributed by atoms with van der Waals surface area (Å²) in [4.78, 5) is 31.3. The van der Waals surface area contributed by atoms with Crippen molar-refractivity contribution in [2.24, 2.45) is 4.99 Å². The molecular weight excluding hydrogens is 502 g/mol. The van der Waals surface area contributed by atoms with Gasteiger partial charge in [-0.3, -0.25) is 14.4 Å². The predicted octanol–water partition coefficient (Wildman–Crippen LogP) is 5.64. The number of aromatic nitrogens is 2. The minimum Gasteiger partial charge on any atom is -0.494 e. The maximum Gasteiger partial charge on any atom is 0.336 e. The molecule has 176 valence electrons. The molecule has 2 heterocycles. The Morgan fingerprint density at radius 3 is 2.65 bits per heavy atom. The lowest BCUT2D eigenvalue weighted by molar-refractivity contribution is 0.387. The lowest BCUT2D eigenvalue weighted by atomic mass is 10.1. The number of aliphatic imine (C=N–C) groups is 1. The van der Waals surface area contributed by atoms with Crippen molar-refractivity contribution in [2.75, 3.05) is 7.11 Å². The van der Waals surface area contributed by atoms with Crippen molar-refractivity contribution in [2.45, 2.75) is 26.8 Å². The lowest BCUT2D eigenvalue weighted by Crippen LogP contribution is -2.39. The Morgan fingerprint density at radius 1 is 1.35 bits per heavy atom. The highest BCUT2D eigenvalue weighted by molar-refractivity contribution is 7.22. The van der Waals surface area contributed by atoms with Gasteiger partial charge in [0, 0.05) is 22.0 Å². The molecule has 0 saturated carbocycles. The predicted molar refractivity (Wildman–Crippen MR) is 136 cm³/mol. The van der Waals surface area contributed by atoms with Crippen LogP contribution >= 0.6 is 34.5 Å². The number of nitriles is 1. The molecule has 0 aliphatic carbocycles. The Labute approximate surface area is 208 Å². The van der Waals surface area contributed by atoms with Gasteiger partial charge in [-0.15, -0.1) is 11.3 Å². The molecule has 0 unspecified atom stereocenters. The molecular formula is C23H19Cl2FN4O3S. The zero-order valence-electron chi connectivity index (χ0n) is 18.5. The largest absolute Gasteiger partial charge is 0.494 e. The van der Waals surface area contributed by atoms with Crippen molar-refractivity contribution in [3.05, 3.63) is 66.7 Å². The zero-order valence-corrected chi connectivity index (χ0v) is 20.8. The topological polar surface area (TPSA) is 89.4 Å². The number of allylic oxidation sites excluding steroid dienone is 3. The Kier molecular flexibility index (Phi) is 7.77. The first-order valence-corrected chi connectivity index (χ1v) is 11.4. The molecule has 0 radical (unpaired) electrons. The Balaban J connectivity index is 2.44. The Morgan fingerprint density at radius 2 is 2.06 bits per heavy atom. The van der Waals surface area contributed by atoms with Gasteiger partial charge in [-0.1, -0.05) is 23.2 Å². The third-order valence-corrected chi connectivity index (χ3v) is 6.87. The SMILES string of the molecule is C=N/C=C(\C(C)=C(/C)Cl)n1c(=O)c2sc(-c3cc(OC)c(F)cc3Cl)cc2n(CCC#N)c1=O. The molecule has 34 heavy (non-hydrogen) atoms. The van der Waals surface area contributed by atoms with Crippen LogP contribution in [0.1, 0.15) is 20.3 Å². The summed E-state index contributed by atoms with van der Waals surface area (Å²) in [5, 5.41) is 9.59. The summed E-state index contributed by atoms with van der Waals surface area (Å²) < 4.78 is 21.6. The van der Waals surface area contributed by atoms with E-state index in [-0.39, 0.29) is 34.1 Å². The van der Waals surface area contributed by atoms with E-state index in [1.807, 2.05) is 6.07 Å². The standard InChI is InChI=1S/C23H19Cl2FN4O3S/c1-12(13(2)24)18(11-28-3)30-22(31)21-17(29(23(30)32)7-5-6-27)10-20(34-21)14-8-19(33-4)16(26)9-15(14)25/h8-11H,3,5,7H2,1-2,4H3/b13-12+,18-11+. The van der Waals surface area contributed by atoms with Crippen molar-refractivity contribution in [1.82, 2.24) is 9.13 Å². The first-order chi connectivity index (χ1) is 16.2. The van der Waals surface area contributed by atoms with Gasteiger partial charge < -0.3 is 4.74 Å². The first kappa shape index (κ1) is 25.4. The fourth-order valence-corrected chi connectivity index (χ4v) is 4.86. The molecule has 0 bridgehead atoms. The highest BCUT2D eigenvalue weighted by atomic mass is 35.5. The number of fused-ring (bicyclic) bond motifs is 1. The maximum absolute atomic E-state index is 14.1. The number of halogens is 3. The number of thiophene rings is 1. The first-order valence-electron chi connectivity index (χ1n) is 9.85. The molecule has 0 aliphatic heterocycles. The summed E-state index contributed by atoms with van der Waals surface area (Å²) in [6.07, 6.45) is 1.31. The van der Waals surface area contributed by atoms with Crippen LogP contribution in [-0.4, -0.2) is 23.0 Å².